The molecule has 6 N–H and O–H groups in total. The van der Waals surface area contributed by atoms with E-state index in [9.17, 15) is 9.90 Å². The number of nitrogens with one attached hydrogen (secondary N) is 1. The molecule has 15 heteroatoms. The smallest absolute Gasteiger partial charge is 0.414 e. The Balaban J connectivity index is 0.000000499. The Morgan fingerprint density at radius 3 is 2.04 bits per heavy atom. The molecule has 1 amide bonds. The monoisotopic (exact) mass is 628 g/mol. The number of likely N-dealkylation sites (tertiary alicyclic amines) is 1. The number of piperidine rings is 1. The van der Waals surface area contributed by atoms with Crippen molar-refractivity contribution in [2.45, 2.75) is 25.0 Å². The van der Waals surface area contributed by atoms with Crippen LogP contribution in [0.3, 0.4) is 0 Å². The zero-order valence-corrected chi connectivity index (χ0v) is 24.7. The van der Waals surface area contributed by atoms with Crippen molar-refractivity contribution in [3.63, 3.8) is 0 Å². The Morgan fingerprint density at radius 2 is 1.51 bits per heavy atom. The Bertz CT molecular complexity index is 1410. The third kappa shape index (κ3) is 12.2. The van der Waals surface area contributed by atoms with Crippen LogP contribution in [0.4, 0.5) is 5.69 Å². The van der Waals surface area contributed by atoms with Gasteiger partial charge in [0.2, 0.25) is 5.91 Å². The Morgan fingerprint density at radius 1 is 0.933 bits per heavy atom. The van der Waals surface area contributed by atoms with Crippen LogP contribution >= 0.6 is 0 Å². The summed E-state index contributed by atoms with van der Waals surface area (Å²) < 4.78 is 5.35. The number of methoxy groups -OCH3 is 1. The summed E-state index contributed by atoms with van der Waals surface area (Å²) in [7, 11) is 3.65. The SMILES string of the molecule is COc1ccc2nccc([C@@H](O)CN3CCC(N(C)CC(=O)Nc4ccccc4)CC3)c2c1.O=C(O)C(=O)O.O=C(O)C(=O)O. The molecule has 1 fully saturated rings. The molecule has 3 aromatic rings. The number of benzene rings is 2. The molecular formula is C30H36N4O11. The van der Waals surface area contributed by atoms with Crippen molar-refractivity contribution in [3.05, 3.63) is 66.4 Å². The predicted molar refractivity (Wildman–Crippen MR) is 161 cm³/mol. The first-order valence-electron chi connectivity index (χ1n) is 13.6. The maximum Gasteiger partial charge on any atom is 0.414 e. The second-order valence-corrected chi connectivity index (χ2v) is 9.88. The van der Waals surface area contributed by atoms with Crippen molar-refractivity contribution < 1.29 is 54.2 Å². The second-order valence-electron chi connectivity index (χ2n) is 9.88. The number of aliphatic carboxylic acids is 4. The van der Waals surface area contributed by atoms with Crippen LogP contribution in [0, 0.1) is 0 Å². The van der Waals surface area contributed by atoms with Crippen molar-refractivity contribution in [1.29, 1.82) is 0 Å². The minimum atomic E-state index is -1.82. The summed E-state index contributed by atoms with van der Waals surface area (Å²) in [4.78, 5) is 57.6. The first-order chi connectivity index (χ1) is 21.3. The Labute approximate surface area is 258 Å². The number of carbonyl (C=O) groups excluding carboxylic acids is 1. The van der Waals surface area contributed by atoms with E-state index in [1.807, 2.05) is 61.6 Å². The molecule has 0 unspecified atom stereocenters. The first kappa shape index (κ1) is 36.1. The molecule has 0 radical (unpaired) electrons. The molecule has 1 saturated heterocycles. The van der Waals surface area contributed by atoms with Gasteiger partial charge in [-0.15, -0.1) is 0 Å². The second kappa shape index (κ2) is 17.9. The van der Waals surface area contributed by atoms with Gasteiger partial charge in [0, 0.05) is 29.9 Å². The van der Waals surface area contributed by atoms with Gasteiger partial charge in [-0.1, -0.05) is 18.2 Å². The quantitative estimate of drug-likeness (QED) is 0.195. The number of hydrogen-bond acceptors (Lipinski definition) is 10. The number of hydrogen-bond donors (Lipinski definition) is 6. The molecule has 1 atom stereocenters. The van der Waals surface area contributed by atoms with Crippen molar-refractivity contribution in [2.24, 2.45) is 0 Å². The Hall–Kier alpha value is -5.12. The van der Waals surface area contributed by atoms with Crippen LogP contribution in [0.1, 0.15) is 24.5 Å². The number of aliphatic hydroxyl groups excluding tert-OH is 1. The highest BCUT2D eigenvalue weighted by Gasteiger charge is 2.25. The molecule has 45 heavy (non-hydrogen) atoms. The summed E-state index contributed by atoms with van der Waals surface area (Å²) in [5.41, 5.74) is 2.54. The molecule has 0 aliphatic carbocycles. The van der Waals surface area contributed by atoms with E-state index in [-0.39, 0.29) is 5.91 Å². The number of amides is 1. The van der Waals surface area contributed by atoms with Gasteiger partial charge in [0.1, 0.15) is 5.75 Å². The number of nitrogens with zero attached hydrogens (tertiary/aromatic N) is 3. The molecule has 1 aliphatic heterocycles. The summed E-state index contributed by atoms with van der Waals surface area (Å²) in [5.74, 6) is -6.54. The van der Waals surface area contributed by atoms with E-state index in [2.05, 4.69) is 20.1 Å². The number of likely N-dealkylation sites (N-methyl/N-ethyl adjacent to an activating group) is 1. The summed E-state index contributed by atoms with van der Waals surface area (Å²) in [6, 6.07) is 17.5. The molecule has 242 valence electrons. The fraction of sp³-hybridized carbons (Fsp3) is 0.333. The molecule has 0 saturated carbocycles. The number of pyridine rings is 1. The van der Waals surface area contributed by atoms with Gasteiger partial charge < -0.3 is 40.5 Å². The number of carbonyl (C=O) groups is 5. The van der Waals surface area contributed by atoms with E-state index in [4.69, 9.17) is 44.3 Å². The van der Waals surface area contributed by atoms with Gasteiger partial charge in [0.15, 0.2) is 0 Å². The summed E-state index contributed by atoms with van der Waals surface area (Å²) in [5, 5.41) is 44.4. The molecule has 0 spiro atoms. The van der Waals surface area contributed by atoms with Gasteiger partial charge in [-0.2, -0.15) is 0 Å². The average molecular weight is 629 g/mol. The molecule has 1 aliphatic rings. The number of β-amino-alcohol motifs (C(OH)–C–C–N with tert-alkyl or cyclic N) is 1. The average Bonchev–Trinajstić information content (AvgIpc) is 3.01. The van der Waals surface area contributed by atoms with Gasteiger partial charge in [-0.05, 0) is 74.9 Å². The molecule has 1 aromatic heterocycles. The number of para-hydroxylation sites is 1. The summed E-state index contributed by atoms with van der Waals surface area (Å²) in [6.07, 6.45) is 3.07. The van der Waals surface area contributed by atoms with E-state index >= 15 is 0 Å². The van der Waals surface area contributed by atoms with Crippen LogP contribution in [0.15, 0.2) is 60.8 Å². The van der Waals surface area contributed by atoms with Gasteiger partial charge in [-0.3, -0.25) is 14.7 Å². The normalized spacial score (nSPS) is 13.8. The van der Waals surface area contributed by atoms with Gasteiger partial charge in [0.25, 0.3) is 0 Å². The zero-order valence-electron chi connectivity index (χ0n) is 24.7. The van der Waals surface area contributed by atoms with Crippen LogP contribution in [0.2, 0.25) is 0 Å². The molecule has 2 heterocycles. The fourth-order valence-corrected chi connectivity index (χ4v) is 4.53. The van der Waals surface area contributed by atoms with E-state index in [1.54, 1.807) is 13.3 Å². The lowest BCUT2D eigenvalue weighted by Gasteiger charge is -2.37. The fourth-order valence-electron chi connectivity index (χ4n) is 4.53. The van der Waals surface area contributed by atoms with E-state index in [0.717, 1.165) is 53.8 Å². The lowest BCUT2D eigenvalue weighted by Crippen LogP contribution is -2.46. The number of ether oxygens (including phenoxy) is 1. The third-order valence-corrected chi connectivity index (χ3v) is 6.77. The lowest BCUT2D eigenvalue weighted by molar-refractivity contribution is -0.159. The first-order valence-corrected chi connectivity index (χ1v) is 13.6. The van der Waals surface area contributed by atoms with E-state index in [1.165, 1.54) is 0 Å². The Kier molecular flexibility index (Phi) is 14.3. The summed E-state index contributed by atoms with van der Waals surface area (Å²) in [6.45, 7) is 2.71. The molecule has 4 rings (SSSR count). The minimum Gasteiger partial charge on any atom is -0.497 e. The molecule has 15 nitrogen and oxygen atoms in total. The number of carboxylic acid groups (broad SMARTS) is 4. The number of aromatic nitrogens is 1. The van der Waals surface area contributed by atoms with Crippen molar-refractivity contribution in [2.75, 3.05) is 45.7 Å². The number of aliphatic hydroxyl groups is 1. The highest BCUT2D eigenvalue weighted by Crippen LogP contribution is 2.28. The van der Waals surface area contributed by atoms with Crippen LogP contribution in [-0.4, -0.2) is 116 Å². The maximum absolute atomic E-state index is 12.4. The van der Waals surface area contributed by atoms with Crippen molar-refractivity contribution in [1.82, 2.24) is 14.8 Å². The van der Waals surface area contributed by atoms with Crippen LogP contribution in [-0.2, 0) is 24.0 Å². The maximum atomic E-state index is 12.4. The lowest BCUT2D eigenvalue weighted by atomic mass is 10.0. The third-order valence-electron chi connectivity index (χ3n) is 6.77. The van der Waals surface area contributed by atoms with Crippen LogP contribution in [0.5, 0.6) is 5.75 Å². The largest absolute Gasteiger partial charge is 0.497 e. The number of carboxylic acids is 4. The van der Waals surface area contributed by atoms with Crippen molar-refractivity contribution in [3.8, 4) is 5.75 Å². The highest BCUT2D eigenvalue weighted by atomic mass is 16.5. The standard InChI is InChI=1S/C26H32N4O3.2C2H2O4/c1-29(18-26(32)28-19-6-4-3-5-7-19)20-11-14-30(15-12-20)17-25(31)22-10-13-27-24-9-8-21(33-2)16-23(22)24;2*3-1(4)2(5)6/h3-10,13,16,20,25,31H,11-12,14-15,17-18H2,1-2H3,(H,28,32);2*(H,3,4)(H,5,6)/t25-;;/m0../s1. The van der Waals surface area contributed by atoms with Gasteiger partial charge in [0.05, 0.1) is 25.3 Å². The highest BCUT2D eigenvalue weighted by molar-refractivity contribution is 6.27. The number of anilines is 1. The summed E-state index contributed by atoms with van der Waals surface area (Å²) >= 11 is 0. The van der Waals surface area contributed by atoms with Crippen LogP contribution in [0.25, 0.3) is 10.9 Å². The van der Waals surface area contributed by atoms with E-state index < -0.39 is 30.0 Å². The van der Waals surface area contributed by atoms with E-state index in [0.29, 0.717) is 19.1 Å². The minimum absolute atomic E-state index is 0.00143. The van der Waals surface area contributed by atoms with Crippen LogP contribution < -0.4 is 10.1 Å². The number of rotatable bonds is 8. The predicted octanol–water partition coefficient (Wildman–Crippen LogP) is 1.62. The number of fused-ring (bicyclic) bond motifs is 1. The topological polar surface area (TPSA) is 227 Å². The molecule has 0 bridgehead atoms. The van der Waals surface area contributed by atoms with Gasteiger partial charge in [-0.25, -0.2) is 19.2 Å². The molecular weight excluding hydrogens is 592 g/mol. The molecule has 2 aromatic carbocycles. The zero-order chi connectivity index (χ0) is 33.5. The van der Waals surface area contributed by atoms with Crippen molar-refractivity contribution >= 4 is 46.4 Å². The van der Waals surface area contributed by atoms with Gasteiger partial charge >= 0.3 is 23.9 Å².